The first-order valence-corrected chi connectivity index (χ1v) is 11.1. The third-order valence-corrected chi connectivity index (χ3v) is 6.02. The maximum absolute atomic E-state index is 6.28. The first kappa shape index (κ1) is 21.0. The summed E-state index contributed by atoms with van der Waals surface area (Å²) in [6.45, 7) is 5.75. The van der Waals surface area contributed by atoms with Gasteiger partial charge in [-0.2, -0.15) is 0 Å². The van der Waals surface area contributed by atoms with E-state index in [1.807, 2.05) is 42.5 Å². The predicted octanol–water partition coefficient (Wildman–Crippen LogP) is 6.74. The van der Waals surface area contributed by atoms with E-state index in [-0.39, 0.29) is 0 Å². The fourth-order valence-electron chi connectivity index (χ4n) is 2.74. The molecule has 0 fully saturated rings. The van der Waals surface area contributed by atoms with Gasteiger partial charge in [-0.05, 0) is 55.3 Å². The molecular weight excluding hydrogens is 413 g/mol. The van der Waals surface area contributed by atoms with Gasteiger partial charge in [-0.1, -0.05) is 54.4 Å². The van der Waals surface area contributed by atoms with Crippen LogP contribution >= 0.6 is 35.0 Å². The van der Waals surface area contributed by atoms with E-state index in [0.717, 1.165) is 53.9 Å². The summed E-state index contributed by atoms with van der Waals surface area (Å²) < 4.78 is 7.84. The quantitative estimate of drug-likeness (QED) is 0.275. The van der Waals surface area contributed by atoms with Gasteiger partial charge in [0.15, 0.2) is 11.0 Å². The van der Waals surface area contributed by atoms with Gasteiger partial charge in [-0.3, -0.25) is 0 Å². The summed E-state index contributed by atoms with van der Waals surface area (Å²) in [6.07, 6.45) is 2.18. The van der Waals surface area contributed by atoms with Gasteiger partial charge in [0.25, 0.3) is 0 Å². The van der Waals surface area contributed by atoms with Gasteiger partial charge in [-0.25, -0.2) is 0 Å². The molecule has 3 rings (SSSR count). The van der Waals surface area contributed by atoms with Crippen LogP contribution in [0.4, 0.5) is 0 Å². The molecule has 28 heavy (non-hydrogen) atoms. The highest BCUT2D eigenvalue weighted by molar-refractivity contribution is 7.98. The number of aromatic nitrogens is 3. The Morgan fingerprint density at radius 2 is 1.71 bits per heavy atom. The van der Waals surface area contributed by atoms with Crippen LogP contribution in [-0.2, 0) is 12.3 Å². The summed E-state index contributed by atoms with van der Waals surface area (Å²) in [4.78, 5) is 0. The number of halogens is 2. The molecule has 1 aromatic heterocycles. The van der Waals surface area contributed by atoms with Crippen LogP contribution in [0.25, 0.3) is 11.4 Å². The van der Waals surface area contributed by atoms with Crippen LogP contribution in [0.2, 0.25) is 10.0 Å². The zero-order valence-electron chi connectivity index (χ0n) is 16.0. The lowest BCUT2D eigenvalue weighted by molar-refractivity contribution is 0.309. The van der Waals surface area contributed by atoms with Gasteiger partial charge in [0.05, 0.1) is 6.61 Å². The number of benzene rings is 2. The van der Waals surface area contributed by atoms with Crippen molar-refractivity contribution in [1.29, 1.82) is 0 Å². The SMILES string of the molecule is CCCCOc1ccc(-c2nnc(SCc3c(Cl)cccc3Cl)n2CC)cc1. The van der Waals surface area contributed by atoms with Crippen molar-refractivity contribution in [2.24, 2.45) is 0 Å². The smallest absolute Gasteiger partial charge is 0.191 e. The van der Waals surface area contributed by atoms with Crippen LogP contribution in [0.15, 0.2) is 47.6 Å². The Morgan fingerprint density at radius 1 is 1.00 bits per heavy atom. The first-order chi connectivity index (χ1) is 13.6. The summed E-state index contributed by atoms with van der Waals surface area (Å²) in [5.41, 5.74) is 1.93. The molecule has 3 aromatic rings. The van der Waals surface area contributed by atoms with Gasteiger partial charge in [0.1, 0.15) is 5.75 Å². The summed E-state index contributed by atoms with van der Waals surface area (Å²) >= 11 is 14.1. The van der Waals surface area contributed by atoms with Crippen LogP contribution in [0.5, 0.6) is 5.75 Å². The zero-order chi connectivity index (χ0) is 19.9. The molecule has 7 heteroatoms. The number of thioether (sulfide) groups is 1. The first-order valence-electron chi connectivity index (χ1n) is 9.36. The van der Waals surface area contributed by atoms with Crippen molar-refractivity contribution in [1.82, 2.24) is 14.8 Å². The van der Waals surface area contributed by atoms with Crippen molar-refractivity contribution in [2.75, 3.05) is 6.61 Å². The Kier molecular flexibility index (Phi) is 7.65. The lowest BCUT2D eigenvalue weighted by Gasteiger charge is -2.10. The molecule has 0 unspecified atom stereocenters. The second-order valence-electron chi connectivity index (χ2n) is 6.27. The topological polar surface area (TPSA) is 39.9 Å². The zero-order valence-corrected chi connectivity index (χ0v) is 18.3. The molecule has 0 N–H and O–H groups in total. The number of hydrogen-bond acceptors (Lipinski definition) is 4. The van der Waals surface area contributed by atoms with Gasteiger partial charge in [0.2, 0.25) is 0 Å². The second kappa shape index (κ2) is 10.2. The minimum Gasteiger partial charge on any atom is -0.494 e. The molecule has 4 nitrogen and oxygen atoms in total. The molecule has 0 saturated heterocycles. The lowest BCUT2D eigenvalue weighted by atomic mass is 10.2. The summed E-state index contributed by atoms with van der Waals surface area (Å²) in [5, 5.41) is 11.0. The maximum atomic E-state index is 6.28. The summed E-state index contributed by atoms with van der Waals surface area (Å²) in [6, 6.07) is 13.6. The van der Waals surface area contributed by atoms with Gasteiger partial charge in [0, 0.05) is 27.9 Å². The average molecular weight is 436 g/mol. The number of unbranched alkanes of at least 4 members (excludes halogenated alkanes) is 1. The fourth-order valence-corrected chi connectivity index (χ4v) is 4.48. The molecule has 0 bridgehead atoms. The highest BCUT2D eigenvalue weighted by atomic mass is 35.5. The van der Waals surface area contributed by atoms with Crippen molar-refractivity contribution < 1.29 is 4.74 Å². The molecule has 2 aromatic carbocycles. The van der Waals surface area contributed by atoms with Crippen molar-refractivity contribution in [3.63, 3.8) is 0 Å². The third kappa shape index (κ3) is 5.02. The summed E-state index contributed by atoms with van der Waals surface area (Å²) in [5.74, 6) is 2.36. The molecule has 0 atom stereocenters. The molecule has 0 aliphatic carbocycles. The van der Waals surface area contributed by atoms with Crippen LogP contribution in [0.1, 0.15) is 32.3 Å². The third-order valence-electron chi connectivity index (χ3n) is 4.32. The Hall–Kier alpha value is -1.69. The monoisotopic (exact) mass is 435 g/mol. The van der Waals surface area contributed by atoms with E-state index < -0.39 is 0 Å². The number of nitrogens with zero attached hydrogens (tertiary/aromatic N) is 3. The average Bonchev–Trinajstić information content (AvgIpc) is 3.11. The van der Waals surface area contributed by atoms with E-state index in [4.69, 9.17) is 27.9 Å². The molecular formula is C21H23Cl2N3OS. The van der Waals surface area contributed by atoms with Crippen LogP contribution in [0.3, 0.4) is 0 Å². The van der Waals surface area contributed by atoms with Gasteiger partial charge in [-0.15, -0.1) is 10.2 Å². The molecule has 0 aliphatic heterocycles. The largest absolute Gasteiger partial charge is 0.494 e. The highest BCUT2D eigenvalue weighted by Crippen LogP contribution is 2.32. The van der Waals surface area contributed by atoms with Crippen molar-refractivity contribution in [3.05, 3.63) is 58.1 Å². The number of ether oxygens (including phenoxy) is 1. The van der Waals surface area contributed by atoms with E-state index in [0.29, 0.717) is 15.8 Å². The molecule has 0 spiro atoms. The fraction of sp³-hybridized carbons (Fsp3) is 0.333. The van der Waals surface area contributed by atoms with E-state index in [2.05, 4.69) is 28.6 Å². The Labute approximate surface area is 180 Å². The van der Waals surface area contributed by atoms with Crippen molar-refractivity contribution in [3.8, 4) is 17.1 Å². The van der Waals surface area contributed by atoms with Crippen LogP contribution in [-0.4, -0.2) is 21.4 Å². The second-order valence-corrected chi connectivity index (χ2v) is 8.02. The summed E-state index contributed by atoms with van der Waals surface area (Å²) in [7, 11) is 0. The van der Waals surface area contributed by atoms with Gasteiger partial charge < -0.3 is 9.30 Å². The number of hydrogen-bond donors (Lipinski definition) is 0. The Balaban J connectivity index is 1.74. The van der Waals surface area contributed by atoms with Gasteiger partial charge >= 0.3 is 0 Å². The number of rotatable bonds is 9. The van der Waals surface area contributed by atoms with Crippen LogP contribution < -0.4 is 4.74 Å². The van der Waals surface area contributed by atoms with E-state index in [1.165, 1.54) is 0 Å². The van der Waals surface area contributed by atoms with Crippen LogP contribution in [0, 0.1) is 0 Å². The molecule has 148 valence electrons. The molecule has 1 heterocycles. The maximum Gasteiger partial charge on any atom is 0.191 e. The lowest BCUT2D eigenvalue weighted by Crippen LogP contribution is -2.00. The molecule has 0 aliphatic rings. The normalized spacial score (nSPS) is 11.0. The predicted molar refractivity (Wildman–Crippen MR) is 118 cm³/mol. The Morgan fingerprint density at radius 3 is 2.36 bits per heavy atom. The molecule has 0 saturated carbocycles. The Bertz CT molecular complexity index is 892. The van der Waals surface area contributed by atoms with E-state index in [9.17, 15) is 0 Å². The van der Waals surface area contributed by atoms with Crippen molar-refractivity contribution >= 4 is 35.0 Å². The highest BCUT2D eigenvalue weighted by Gasteiger charge is 2.15. The molecule has 0 radical (unpaired) electrons. The van der Waals surface area contributed by atoms with E-state index >= 15 is 0 Å². The molecule has 0 amide bonds. The van der Waals surface area contributed by atoms with E-state index in [1.54, 1.807) is 11.8 Å². The van der Waals surface area contributed by atoms with Crippen molar-refractivity contribution in [2.45, 2.75) is 44.1 Å². The standard InChI is InChI=1S/C21H23Cl2N3OS/c1-3-5-13-27-16-11-9-15(10-12-16)20-24-25-21(26(20)4-2)28-14-17-18(22)7-6-8-19(17)23/h6-12H,3-5,13-14H2,1-2H3. The minimum atomic E-state index is 0.640. The minimum absolute atomic E-state index is 0.640.